The fourth-order valence-corrected chi connectivity index (χ4v) is 1.02. The van der Waals surface area contributed by atoms with E-state index in [1.54, 1.807) is 12.2 Å². The molecule has 16 heavy (non-hydrogen) atoms. The second-order valence-electron chi connectivity index (χ2n) is 2.99. The van der Waals surface area contributed by atoms with Crippen molar-refractivity contribution in [3.63, 3.8) is 0 Å². The van der Waals surface area contributed by atoms with Gasteiger partial charge in [-0.15, -0.1) is 0 Å². The van der Waals surface area contributed by atoms with E-state index < -0.39 is 6.16 Å². The monoisotopic (exact) mass is 218 g/mol. The Bertz CT molecular complexity index is 348. The van der Waals surface area contributed by atoms with E-state index in [0.717, 1.165) is 0 Å². The summed E-state index contributed by atoms with van der Waals surface area (Å²) in [6, 6.07) is 0. The Hall–Kier alpha value is -2.03. The molecule has 3 heteroatoms. The van der Waals surface area contributed by atoms with Gasteiger partial charge in [-0.05, 0) is 6.08 Å². The van der Waals surface area contributed by atoms with Crippen molar-refractivity contribution in [1.29, 1.82) is 0 Å². The molecule has 0 amide bonds. The molecule has 1 heterocycles. The van der Waals surface area contributed by atoms with Crippen molar-refractivity contribution in [3.8, 4) is 0 Å². The largest absolute Gasteiger partial charge is 0.509 e. The lowest BCUT2D eigenvalue weighted by molar-refractivity contribution is 0.125. The summed E-state index contributed by atoms with van der Waals surface area (Å²) in [5.41, 5.74) is 0. The Morgan fingerprint density at radius 1 is 1.06 bits per heavy atom. The molecule has 1 aliphatic heterocycles. The van der Waals surface area contributed by atoms with Gasteiger partial charge in [0.15, 0.2) is 6.10 Å². The third-order valence-corrected chi connectivity index (χ3v) is 1.74. The number of allylic oxidation sites excluding steroid dienone is 8. The molecular weight excluding hydrogens is 204 g/mol. The third kappa shape index (κ3) is 5.00. The number of hydrogen-bond donors (Lipinski definition) is 0. The van der Waals surface area contributed by atoms with Gasteiger partial charge < -0.3 is 9.47 Å². The second kappa shape index (κ2) is 7.29. The number of hydrogen-bond acceptors (Lipinski definition) is 3. The summed E-state index contributed by atoms with van der Waals surface area (Å²) < 4.78 is 9.42. The van der Waals surface area contributed by atoms with Crippen LogP contribution in [0, 0.1) is 0 Å². The number of rotatable bonds is 5. The van der Waals surface area contributed by atoms with Gasteiger partial charge in [0.2, 0.25) is 0 Å². The minimum absolute atomic E-state index is 0.262. The molecular formula is C13H14O3. The Morgan fingerprint density at radius 3 is 2.25 bits per heavy atom. The molecule has 0 spiro atoms. The molecule has 0 aromatic heterocycles. The number of ether oxygens (including phenoxy) is 2. The quantitative estimate of drug-likeness (QED) is 0.525. The number of carbonyl (C=O) groups excluding carboxylic acids is 1. The Balaban J connectivity index is 2.23. The highest BCUT2D eigenvalue weighted by Gasteiger charge is 2.21. The predicted octanol–water partition coefficient (Wildman–Crippen LogP) is 2.93. The molecule has 1 fully saturated rings. The van der Waals surface area contributed by atoms with Crippen LogP contribution in [0.5, 0.6) is 0 Å². The lowest BCUT2D eigenvalue weighted by atomic mass is 10.3. The molecule has 0 bridgehead atoms. The molecule has 0 aliphatic carbocycles. The second-order valence-corrected chi connectivity index (χ2v) is 2.99. The summed E-state index contributed by atoms with van der Waals surface area (Å²) >= 11 is 0. The topological polar surface area (TPSA) is 35.5 Å². The summed E-state index contributed by atoms with van der Waals surface area (Å²) in [6.07, 6.45) is 15.7. The van der Waals surface area contributed by atoms with Crippen LogP contribution in [0.3, 0.4) is 0 Å². The zero-order chi connectivity index (χ0) is 11.6. The van der Waals surface area contributed by atoms with Crippen LogP contribution < -0.4 is 0 Å². The van der Waals surface area contributed by atoms with E-state index >= 15 is 0 Å². The van der Waals surface area contributed by atoms with Gasteiger partial charge in [0, 0.05) is 0 Å². The van der Waals surface area contributed by atoms with Gasteiger partial charge in [0.1, 0.15) is 6.61 Å². The van der Waals surface area contributed by atoms with Crippen molar-refractivity contribution in [2.24, 2.45) is 0 Å². The molecule has 3 nitrogen and oxygen atoms in total. The van der Waals surface area contributed by atoms with Crippen LogP contribution in [0.4, 0.5) is 4.79 Å². The molecule has 0 N–H and O–H groups in total. The predicted molar refractivity (Wildman–Crippen MR) is 63.0 cm³/mol. The molecule has 1 rings (SSSR count). The maximum Gasteiger partial charge on any atom is 0.509 e. The molecule has 0 radical (unpaired) electrons. The molecule has 1 saturated heterocycles. The van der Waals surface area contributed by atoms with Gasteiger partial charge in [0.05, 0.1) is 0 Å². The standard InChI is InChI=1S/C13H14O3/c1-2-3-4-5-6-7-8-9-10-12-11-15-13(14)16-12/h2-10,12H,1,11H2/b4-3?,6-5?,8-7?,10-9+. The van der Waals surface area contributed by atoms with Crippen molar-refractivity contribution < 1.29 is 14.3 Å². The molecule has 84 valence electrons. The zero-order valence-corrected chi connectivity index (χ0v) is 8.91. The van der Waals surface area contributed by atoms with Crippen LogP contribution in [-0.4, -0.2) is 18.9 Å². The van der Waals surface area contributed by atoms with Gasteiger partial charge >= 0.3 is 6.16 Å². The lowest BCUT2D eigenvalue weighted by Crippen LogP contribution is -2.04. The minimum atomic E-state index is -0.604. The first-order valence-electron chi connectivity index (χ1n) is 4.95. The summed E-state index contributed by atoms with van der Waals surface area (Å²) in [6.45, 7) is 3.85. The average Bonchev–Trinajstić information content (AvgIpc) is 2.68. The summed E-state index contributed by atoms with van der Waals surface area (Å²) in [5, 5.41) is 0. The summed E-state index contributed by atoms with van der Waals surface area (Å²) in [7, 11) is 0. The van der Waals surface area contributed by atoms with Gasteiger partial charge in [-0.2, -0.15) is 0 Å². The lowest BCUT2D eigenvalue weighted by Gasteiger charge is -1.94. The van der Waals surface area contributed by atoms with Gasteiger partial charge in [0.25, 0.3) is 0 Å². The fraction of sp³-hybridized carbons (Fsp3) is 0.154. The smallest absolute Gasteiger partial charge is 0.430 e. The van der Waals surface area contributed by atoms with E-state index in [1.807, 2.05) is 42.5 Å². The number of carbonyl (C=O) groups is 1. The highest BCUT2D eigenvalue weighted by Crippen LogP contribution is 2.06. The molecule has 0 saturated carbocycles. The van der Waals surface area contributed by atoms with Crippen LogP contribution in [0.25, 0.3) is 0 Å². The molecule has 1 aliphatic rings. The third-order valence-electron chi connectivity index (χ3n) is 1.74. The zero-order valence-electron chi connectivity index (χ0n) is 8.91. The highest BCUT2D eigenvalue weighted by molar-refractivity contribution is 5.62. The maximum atomic E-state index is 10.6. The Labute approximate surface area is 95.1 Å². The maximum absolute atomic E-state index is 10.6. The van der Waals surface area contributed by atoms with E-state index in [4.69, 9.17) is 4.74 Å². The SMILES string of the molecule is C=CC=CC=CC=C/C=C/C1COC(=O)O1. The van der Waals surface area contributed by atoms with Crippen LogP contribution in [0.2, 0.25) is 0 Å². The molecule has 1 unspecified atom stereocenters. The first kappa shape index (κ1) is 12.0. The van der Waals surface area contributed by atoms with Crippen molar-refractivity contribution in [3.05, 3.63) is 61.3 Å². The normalized spacial score (nSPS) is 21.2. The van der Waals surface area contributed by atoms with Crippen LogP contribution >= 0.6 is 0 Å². The minimum Gasteiger partial charge on any atom is -0.430 e. The van der Waals surface area contributed by atoms with Gasteiger partial charge in [-0.25, -0.2) is 4.79 Å². The average molecular weight is 218 g/mol. The van der Waals surface area contributed by atoms with Gasteiger partial charge in [-0.3, -0.25) is 0 Å². The van der Waals surface area contributed by atoms with Crippen LogP contribution in [-0.2, 0) is 9.47 Å². The fourth-order valence-electron chi connectivity index (χ4n) is 1.02. The first-order valence-corrected chi connectivity index (χ1v) is 4.95. The van der Waals surface area contributed by atoms with E-state index in [0.29, 0.717) is 6.61 Å². The summed E-state index contributed by atoms with van der Waals surface area (Å²) in [4.78, 5) is 10.6. The van der Waals surface area contributed by atoms with E-state index in [1.165, 1.54) is 0 Å². The van der Waals surface area contributed by atoms with Crippen LogP contribution in [0.1, 0.15) is 0 Å². The Kier molecular flexibility index (Phi) is 5.48. The molecule has 0 aromatic carbocycles. The van der Waals surface area contributed by atoms with E-state index in [-0.39, 0.29) is 6.10 Å². The first-order chi connectivity index (χ1) is 7.83. The van der Waals surface area contributed by atoms with Gasteiger partial charge in [-0.1, -0.05) is 55.2 Å². The van der Waals surface area contributed by atoms with Crippen LogP contribution in [0.15, 0.2) is 61.3 Å². The molecule has 1 atom stereocenters. The van der Waals surface area contributed by atoms with Crippen molar-refractivity contribution in [2.45, 2.75) is 6.10 Å². The van der Waals surface area contributed by atoms with E-state index in [2.05, 4.69) is 11.3 Å². The number of cyclic esters (lactones) is 2. The van der Waals surface area contributed by atoms with Crippen molar-refractivity contribution >= 4 is 6.16 Å². The molecule has 0 aromatic rings. The Morgan fingerprint density at radius 2 is 1.69 bits per heavy atom. The van der Waals surface area contributed by atoms with E-state index in [9.17, 15) is 4.79 Å². The highest BCUT2D eigenvalue weighted by atomic mass is 16.8. The van der Waals surface area contributed by atoms with Crippen molar-refractivity contribution in [2.75, 3.05) is 6.61 Å². The summed E-state index contributed by atoms with van der Waals surface area (Å²) in [5.74, 6) is 0. The van der Waals surface area contributed by atoms with Crippen molar-refractivity contribution in [1.82, 2.24) is 0 Å².